The first-order valence-corrected chi connectivity index (χ1v) is 17.0. The minimum Gasteiger partial charge on any atom is -0.248 e. The van der Waals surface area contributed by atoms with Crippen molar-refractivity contribution in [3.05, 3.63) is 194 Å². The topological polar surface area (TPSA) is 25.8 Å². The first kappa shape index (κ1) is 29.5. The second-order valence-electron chi connectivity index (χ2n) is 12.6. The van der Waals surface area contributed by atoms with E-state index in [4.69, 9.17) is 9.97 Å². The quantitative estimate of drug-likeness (QED) is 0.181. The average Bonchev–Trinajstić information content (AvgIpc) is 3.21. The van der Waals surface area contributed by atoms with Gasteiger partial charge in [0.2, 0.25) is 0 Å². The van der Waals surface area contributed by atoms with Crippen molar-refractivity contribution in [3.63, 3.8) is 0 Å². The monoisotopic (exact) mass is 636 g/mol. The predicted octanol–water partition coefficient (Wildman–Crippen LogP) is 12.8. The van der Waals surface area contributed by atoms with E-state index in [1.807, 2.05) is 6.07 Å². The summed E-state index contributed by atoms with van der Waals surface area (Å²) in [5.41, 5.74) is 15.5. The van der Waals surface area contributed by atoms with Gasteiger partial charge in [-0.25, -0.2) is 9.97 Å². The van der Waals surface area contributed by atoms with E-state index in [0.29, 0.717) is 0 Å². The number of nitrogens with zero attached hydrogens (tertiary/aromatic N) is 2. The third kappa shape index (κ3) is 5.74. The molecule has 0 radical (unpaired) electrons. The van der Waals surface area contributed by atoms with E-state index in [1.165, 1.54) is 27.8 Å². The Balaban J connectivity index is 1.13. The third-order valence-corrected chi connectivity index (χ3v) is 9.51. The summed E-state index contributed by atoms with van der Waals surface area (Å²) >= 11 is 0. The van der Waals surface area contributed by atoms with Gasteiger partial charge in [-0.2, -0.15) is 0 Å². The van der Waals surface area contributed by atoms with Crippen LogP contribution in [-0.2, 0) is 0 Å². The van der Waals surface area contributed by atoms with Crippen molar-refractivity contribution in [2.75, 3.05) is 0 Å². The van der Waals surface area contributed by atoms with Crippen molar-refractivity contribution >= 4 is 21.8 Å². The molecule has 0 aliphatic heterocycles. The van der Waals surface area contributed by atoms with Crippen LogP contribution in [0, 0.1) is 0 Å². The summed E-state index contributed by atoms with van der Waals surface area (Å²) in [7, 11) is 0. The largest absolute Gasteiger partial charge is 0.248 e. The fourth-order valence-corrected chi connectivity index (χ4v) is 6.79. The van der Waals surface area contributed by atoms with Gasteiger partial charge in [0.25, 0.3) is 0 Å². The van der Waals surface area contributed by atoms with Crippen molar-refractivity contribution in [3.8, 4) is 67.0 Å². The highest BCUT2D eigenvalue weighted by Crippen LogP contribution is 2.36. The lowest BCUT2D eigenvalue weighted by molar-refractivity contribution is 1.39. The van der Waals surface area contributed by atoms with Crippen LogP contribution in [0.3, 0.4) is 0 Å². The molecule has 2 heteroatoms. The molecule has 0 amide bonds. The van der Waals surface area contributed by atoms with Gasteiger partial charge < -0.3 is 0 Å². The molecule has 2 aromatic heterocycles. The Morgan fingerprint density at radius 1 is 0.260 bits per heavy atom. The van der Waals surface area contributed by atoms with Gasteiger partial charge in [-0.15, -0.1) is 0 Å². The Labute approximate surface area is 292 Å². The van der Waals surface area contributed by atoms with E-state index >= 15 is 0 Å². The first-order valence-electron chi connectivity index (χ1n) is 17.0. The van der Waals surface area contributed by atoms with Gasteiger partial charge in [-0.05, 0) is 74.8 Å². The summed E-state index contributed by atoms with van der Waals surface area (Å²) in [4.78, 5) is 10.1. The molecule has 0 aliphatic rings. The molecular weight excluding hydrogens is 605 g/mol. The normalized spacial score (nSPS) is 11.2. The number of para-hydroxylation sites is 1. The molecule has 0 atom stereocenters. The van der Waals surface area contributed by atoms with E-state index in [1.54, 1.807) is 0 Å². The van der Waals surface area contributed by atoms with Crippen molar-refractivity contribution < 1.29 is 0 Å². The van der Waals surface area contributed by atoms with Gasteiger partial charge in [0.1, 0.15) is 0 Å². The summed E-state index contributed by atoms with van der Waals surface area (Å²) in [5.74, 6) is 0. The zero-order chi connectivity index (χ0) is 33.3. The van der Waals surface area contributed by atoms with E-state index in [9.17, 15) is 0 Å². The summed E-state index contributed by atoms with van der Waals surface area (Å²) in [6.45, 7) is 0. The maximum atomic E-state index is 5.21. The zero-order valence-electron chi connectivity index (χ0n) is 27.4. The van der Waals surface area contributed by atoms with Gasteiger partial charge in [0, 0.05) is 21.9 Å². The smallest absolute Gasteiger partial charge is 0.0716 e. The van der Waals surface area contributed by atoms with Crippen LogP contribution >= 0.6 is 0 Å². The molecular formula is C48H32N2. The standard InChI is InChI=1S/C48H32N2/c1-3-9-33(10-4-1)35-15-17-37(18-16-35)42-28-30-47-44(31-42)43(32-48(50-47)41-23-19-36(20-24-41)34-11-5-2-6-12-34)38-21-25-40(26-22-38)46-29-27-39-13-7-8-14-45(39)49-46/h1-32H. The molecule has 0 unspecified atom stereocenters. The Bertz CT molecular complexity index is 2590. The number of hydrogen-bond acceptors (Lipinski definition) is 2. The molecule has 0 saturated carbocycles. The number of fused-ring (bicyclic) bond motifs is 2. The lowest BCUT2D eigenvalue weighted by Gasteiger charge is -2.13. The van der Waals surface area contributed by atoms with Crippen molar-refractivity contribution in [2.45, 2.75) is 0 Å². The molecule has 0 bridgehead atoms. The van der Waals surface area contributed by atoms with Crippen LogP contribution < -0.4 is 0 Å². The van der Waals surface area contributed by atoms with Gasteiger partial charge in [0.05, 0.1) is 22.4 Å². The van der Waals surface area contributed by atoms with Gasteiger partial charge in [-0.3, -0.25) is 0 Å². The summed E-state index contributed by atoms with van der Waals surface area (Å²) in [5, 5.41) is 2.27. The molecule has 0 aliphatic carbocycles. The van der Waals surface area contributed by atoms with E-state index < -0.39 is 0 Å². The molecule has 234 valence electrons. The van der Waals surface area contributed by atoms with E-state index in [2.05, 4.69) is 188 Å². The van der Waals surface area contributed by atoms with E-state index in [-0.39, 0.29) is 0 Å². The maximum absolute atomic E-state index is 5.21. The van der Waals surface area contributed by atoms with Crippen LogP contribution in [0.15, 0.2) is 194 Å². The fraction of sp³-hybridized carbons (Fsp3) is 0. The summed E-state index contributed by atoms with van der Waals surface area (Å²) in [6.07, 6.45) is 0. The zero-order valence-corrected chi connectivity index (χ0v) is 27.4. The molecule has 0 saturated heterocycles. The van der Waals surface area contributed by atoms with Crippen LogP contribution in [0.2, 0.25) is 0 Å². The van der Waals surface area contributed by atoms with Gasteiger partial charge >= 0.3 is 0 Å². The summed E-state index contributed by atoms with van der Waals surface area (Å²) in [6, 6.07) is 68.7. The highest BCUT2D eigenvalue weighted by Gasteiger charge is 2.13. The highest BCUT2D eigenvalue weighted by atomic mass is 14.7. The predicted molar refractivity (Wildman–Crippen MR) is 210 cm³/mol. The van der Waals surface area contributed by atoms with Crippen LogP contribution in [0.4, 0.5) is 0 Å². The van der Waals surface area contributed by atoms with Gasteiger partial charge in [-0.1, -0.05) is 164 Å². The molecule has 7 aromatic carbocycles. The van der Waals surface area contributed by atoms with Gasteiger partial charge in [0.15, 0.2) is 0 Å². The molecule has 9 rings (SSSR count). The van der Waals surface area contributed by atoms with Crippen LogP contribution in [0.1, 0.15) is 0 Å². The summed E-state index contributed by atoms with van der Waals surface area (Å²) < 4.78 is 0. The van der Waals surface area contributed by atoms with Crippen molar-refractivity contribution in [1.29, 1.82) is 0 Å². The lowest BCUT2D eigenvalue weighted by Crippen LogP contribution is -1.92. The number of pyridine rings is 2. The highest BCUT2D eigenvalue weighted by molar-refractivity contribution is 5.99. The molecule has 2 nitrogen and oxygen atoms in total. The van der Waals surface area contributed by atoms with Crippen LogP contribution in [0.5, 0.6) is 0 Å². The number of hydrogen-bond donors (Lipinski definition) is 0. The Morgan fingerprint density at radius 2 is 0.720 bits per heavy atom. The fourth-order valence-electron chi connectivity index (χ4n) is 6.79. The van der Waals surface area contributed by atoms with Crippen molar-refractivity contribution in [1.82, 2.24) is 9.97 Å². The van der Waals surface area contributed by atoms with Crippen molar-refractivity contribution in [2.24, 2.45) is 0 Å². The Kier molecular flexibility index (Phi) is 7.53. The SMILES string of the molecule is c1ccc(-c2ccc(-c3ccc4nc(-c5ccc(-c6ccccc6)cc5)cc(-c5ccc(-c6ccc7ccccc7n6)cc5)c4c3)cc2)cc1. The molecule has 0 spiro atoms. The molecule has 50 heavy (non-hydrogen) atoms. The second-order valence-corrected chi connectivity index (χ2v) is 12.6. The first-order chi connectivity index (χ1) is 24.7. The number of benzene rings is 7. The second kappa shape index (κ2) is 12.8. The molecule has 2 heterocycles. The number of aromatic nitrogens is 2. The molecule has 9 aromatic rings. The van der Waals surface area contributed by atoms with E-state index in [0.717, 1.165) is 61.0 Å². The minimum atomic E-state index is 0.951. The van der Waals surface area contributed by atoms with Crippen LogP contribution in [-0.4, -0.2) is 9.97 Å². The third-order valence-electron chi connectivity index (χ3n) is 9.51. The van der Waals surface area contributed by atoms with Crippen LogP contribution in [0.25, 0.3) is 88.8 Å². The lowest BCUT2D eigenvalue weighted by atomic mass is 9.94. The minimum absolute atomic E-state index is 0.951. The molecule has 0 N–H and O–H groups in total. The number of rotatable bonds is 6. The molecule has 0 fully saturated rings. The Hall–Kier alpha value is -6.64. The Morgan fingerprint density at radius 3 is 1.36 bits per heavy atom. The average molecular weight is 637 g/mol. The maximum Gasteiger partial charge on any atom is 0.0716 e.